The van der Waals surface area contributed by atoms with Gasteiger partial charge in [0.25, 0.3) is 0 Å². The number of aliphatic hydroxyl groups excluding tert-OH is 1. The predicted molar refractivity (Wildman–Crippen MR) is 37.7 cm³/mol. The largest absolute Gasteiger partial charge is 0.390 e. The number of fused-ring (bicyclic) bond motifs is 1. The summed E-state index contributed by atoms with van der Waals surface area (Å²) in [7, 11) is 0. The Morgan fingerprint density at radius 3 is 2.80 bits per heavy atom. The number of ether oxygens (including phenoxy) is 1. The van der Waals surface area contributed by atoms with Gasteiger partial charge in [-0.15, -0.1) is 0 Å². The highest BCUT2D eigenvalue weighted by atomic mass is 16.6. The summed E-state index contributed by atoms with van der Waals surface area (Å²) in [6.45, 7) is 4.21. The maximum atomic E-state index is 9.62. The van der Waals surface area contributed by atoms with E-state index >= 15 is 0 Å². The normalized spacial score (nSPS) is 50.1. The van der Waals surface area contributed by atoms with E-state index in [9.17, 15) is 5.11 Å². The van der Waals surface area contributed by atoms with Gasteiger partial charge in [0.1, 0.15) is 6.10 Å². The van der Waals surface area contributed by atoms with Crippen LogP contribution in [0.3, 0.4) is 0 Å². The Labute approximate surface area is 61.2 Å². The summed E-state index contributed by atoms with van der Waals surface area (Å²) in [5.41, 5.74) is 0.0810. The van der Waals surface area contributed by atoms with Crippen molar-refractivity contribution in [1.29, 1.82) is 0 Å². The zero-order valence-electron chi connectivity index (χ0n) is 6.50. The minimum absolute atomic E-state index is 0.0810. The fourth-order valence-electron chi connectivity index (χ4n) is 1.77. The van der Waals surface area contributed by atoms with Crippen LogP contribution in [0.4, 0.5) is 0 Å². The molecule has 1 aliphatic heterocycles. The van der Waals surface area contributed by atoms with Crippen molar-refractivity contribution in [3.8, 4) is 0 Å². The number of hydrogen-bond donors (Lipinski definition) is 1. The first kappa shape index (κ1) is 6.62. The van der Waals surface area contributed by atoms with E-state index < -0.39 is 0 Å². The van der Waals surface area contributed by atoms with Crippen molar-refractivity contribution >= 4 is 0 Å². The average Bonchev–Trinajstić information content (AvgIpc) is 2.58. The first-order chi connectivity index (χ1) is 4.61. The molecule has 0 spiro atoms. The van der Waals surface area contributed by atoms with Crippen molar-refractivity contribution in [3.05, 3.63) is 0 Å². The van der Waals surface area contributed by atoms with Gasteiger partial charge in [-0.05, 0) is 18.3 Å². The van der Waals surface area contributed by atoms with Gasteiger partial charge in [-0.3, -0.25) is 0 Å². The maximum absolute atomic E-state index is 9.62. The molecule has 2 aliphatic rings. The van der Waals surface area contributed by atoms with Crippen molar-refractivity contribution in [2.75, 3.05) is 0 Å². The molecule has 1 N–H and O–H groups in total. The summed E-state index contributed by atoms with van der Waals surface area (Å²) in [5.74, 6) is 0. The van der Waals surface area contributed by atoms with Crippen molar-refractivity contribution in [3.63, 3.8) is 0 Å². The molecule has 1 heterocycles. The Morgan fingerprint density at radius 2 is 2.20 bits per heavy atom. The van der Waals surface area contributed by atoms with Crippen LogP contribution in [0.1, 0.15) is 26.7 Å². The second kappa shape index (κ2) is 1.74. The molecule has 1 saturated carbocycles. The Morgan fingerprint density at radius 1 is 1.50 bits per heavy atom. The van der Waals surface area contributed by atoms with E-state index in [0.29, 0.717) is 6.10 Å². The Hall–Kier alpha value is -0.0800. The molecule has 3 atom stereocenters. The molecule has 2 fully saturated rings. The van der Waals surface area contributed by atoms with Crippen molar-refractivity contribution in [2.45, 2.75) is 45.0 Å². The van der Waals surface area contributed by atoms with Crippen LogP contribution in [0.5, 0.6) is 0 Å². The first-order valence-electron chi connectivity index (χ1n) is 3.95. The third-order valence-electron chi connectivity index (χ3n) is 2.81. The van der Waals surface area contributed by atoms with E-state index in [0.717, 1.165) is 12.8 Å². The van der Waals surface area contributed by atoms with Crippen LogP contribution in [0.2, 0.25) is 0 Å². The van der Waals surface area contributed by atoms with Crippen molar-refractivity contribution < 1.29 is 9.84 Å². The third kappa shape index (κ3) is 0.789. The molecular formula is C8H14O2. The van der Waals surface area contributed by atoms with Crippen LogP contribution in [0.15, 0.2) is 0 Å². The van der Waals surface area contributed by atoms with Gasteiger partial charge in [-0.2, -0.15) is 0 Å². The lowest BCUT2D eigenvalue weighted by molar-refractivity contribution is 0.0167. The monoisotopic (exact) mass is 142 g/mol. The topological polar surface area (TPSA) is 32.8 Å². The minimum Gasteiger partial charge on any atom is -0.390 e. The third-order valence-corrected chi connectivity index (χ3v) is 2.81. The molecule has 0 aromatic heterocycles. The second-order valence-corrected chi connectivity index (χ2v) is 4.11. The zero-order valence-corrected chi connectivity index (χ0v) is 6.50. The molecule has 10 heavy (non-hydrogen) atoms. The van der Waals surface area contributed by atoms with Gasteiger partial charge in [0.05, 0.1) is 12.2 Å². The SMILES string of the molecule is CC1(C)CC[C@H]2O[C@H]2[C@H]1O. The predicted octanol–water partition coefficient (Wildman–Crippen LogP) is 0.935. The van der Waals surface area contributed by atoms with Crippen LogP contribution in [0, 0.1) is 5.41 Å². The van der Waals surface area contributed by atoms with Gasteiger partial charge in [-0.25, -0.2) is 0 Å². The van der Waals surface area contributed by atoms with Crippen LogP contribution in [0.25, 0.3) is 0 Å². The number of rotatable bonds is 0. The Bertz CT molecular complexity index is 153. The van der Waals surface area contributed by atoms with Gasteiger partial charge in [0.2, 0.25) is 0 Å². The number of epoxide rings is 1. The van der Waals surface area contributed by atoms with E-state index in [1.807, 2.05) is 0 Å². The number of hydrogen-bond acceptors (Lipinski definition) is 2. The first-order valence-corrected chi connectivity index (χ1v) is 3.95. The summed E-state index contributed by atoms with van der Waals surface area (Å²) in [5, 5.41) is 9.62. The van der Waals surface area contributed by atoms with E-state index in [1.165, 1.54) is 0 Å². The smallest absolute Gasteiger partial charge is 0.110 e. The molecule has 2 nitrogen and oxygen atoms in total. The van der Waals surface area contributed by atoms with Gasteiger partial charge in [0, 0.05) is 0 Å². The van der Waals surface area contributed by atoms with E-state index in [2.05, 4.69) is 13.8 Å². The standard InChI is InChI=1S/C8H14O2/c1-8(2)4-3-5-6(10-5)7(8)9/h5-7,9H,3-4H2,1-2H3/t5-,6-,7-/m1/s1. The molecule has 2 rings (SSSR count). The highest BCUT2D eigenvalue weighted by molar-refractivity contribution is 5.02. The van der Waals surface area contributed by atoms with Crippen LogP contribution in [-0.2, 0) is 4.74 Å². The van der Waals surface area contributed by atoms with Crippen LogP contribution in [-0.4, -0.2) is 23.4 Å². The molecule has 58 valence electrons. The van der Waals surface area contributed by atoms with Gasteiger partial charge in [0.15, 0.2) is 0 Å². The molecule has 0 aromatic rings. The van der Waals surface area contributed by atoms with Crippen molar-refractivity contribution in [2.24, 2.45) is 5.41 Å². The quantitative estimate of drug-likeness (QED) is 0.510. The minimum atomic E-state index is -0.230. The van der Waals surface area contributed by atoms with Crippen LogP contribution >= 0.6 is 0 Å². The van der Waals surface area contributed by atoms with Gasteiger partial charge >= 0.3 is 0 Å². The summed E-state index contributed by atoms with van der Waals surface area (Å²) in [6, 6.07) is 0. The lowest BCUT2D eigenvalue weighted by atomic mass is 9.75. The highest BCUT2D eigenvalue weighted by Gasteiger charge is 2.53. The molecule has 1 saturated heterocycles. The molecule has 1 aliphatic carbocycles. The highest BCUT2D eigenvalue weighted by Crippen LogP contribution is 2.45. The molecule has 0 bridgehead atoms. The molecular weight excluding hydrogens is 128 g/mol. The lowest BCUT2D eigenvalue weighted by Gasteiger charge is -2.32. The summed E-state index contributed by atoms with van der Waals surface area (Å²) in [4.78, 5) is 0. The summed E-state index contributed by atoms with van der Waals surface area (Å²) in [6.07, 6.45) is 2.56. The van der Waals surface area contributed by atoms with Gasteiger partial charge < -0.3 is 9.84 Å². The van der Waals surface area contributed by atoms with E-state index in [4.69, 9.17) is 4.74 Å². The molecule has 0 radical (unpaired) electrons. The lowest BCUT2D eigenvalue weighted by Crippen LogP contribution is -2.38. The zero-order chi connectivity index (χ0) is 7.35. The summed E-state index contributed by atoms with van der Waals surface area (Å²) >= 11 is 0. The molecule has 0 amide bonds. The van der Waals surface area contributed by atoms with Gasteiger partial charge in [-0.1, -0.05) is 13.8 Å². The molecule has 0 aromatic carbocycles. The van der Waals surface area contributed by atoms with Crippen molar-refractivity contribution in [1.82, 2.24) is 0 Å². The number of aliphatic hydroxyl groups is 1. The fraction of sp³-hybridized carbons (Fsp3) is 1.00. The Kier molecular flexibility index (Phi) is 1.15. The maximum Gasteiger partial charge on any atom is 0.110 e. The molecule has 2 heteroatoms. The summed E-state index contributed by atoms with van der Waals surface area (Å²) < 4.78 is 5.28. The average molecular weight is 142 g/mol. The van der Waals surface area contributed by atoms with E-state index in [-0.39, 0.29) is 17.6 Å². The second-order valence-electron chi connectivity index (χ2n) is 4.11. The van der Waals surface area contributed by atoms with E-state index in [1.54, 1.807) is 0 Å². The fourth-order valence-corrected chi connectivity index (χ4v) is 1.77. The van der Waals surface area contributed by atoms with Crippen LogP contribution < -0.4 is 0 Å². The Balaban J connectivity index is 2.11. The molecule has 0 unspecified atom stereocenters.